The summed E-state index contributed by atoms with van der Waals surface area (Å²) in [7, 11) is 1.66. The van der Waals surface area contributed by atoms with Crippen LogP contribution in [0.2, 0.25) is 0 Å². The van der Waals surface area contributed by atoms with E-state index in [1.54, 1.807) is 24.5 Å². The summed E-state index contributed by atoms with van der Waals surface area (Å²) < 4.78 is 5.38. The number of thiophene rings is 1. The summed E-state index contributed by atoms with van der Waals surface area (Å²) in [5.41, 5.74) is 1.67. The van der Waals surface area contributed by atoms with Crippen molar-refractivity contribution in [2.24, 2.45) is 5.92 Å². The maximum absolute atomic E-state index is 9.03. The first-order chi connectivity index (χ1) is 10.2. The van der Waals surface area contributed by atoms with Crippen molar-refractivity contribution in [1.82, 2.24) is 5.32 Å². The molecule has 3 nitrogen and oxygen atoms in total. The van der Waals surface area contributed by atoms with E-state index in [1.165, 1.54) is 4.88 Å². The number of nitrogens with one attached hydrogen (secondary N) is 1. The minimum Gasteiger partial charge on any atom is -0.496 e. The fraction of sp³-hybridized carbons (Fsp3) is 0.353. The largest absolute Gasteiger partial charge is 0.496 e. The molecule has 0 aliphatic carbocycles. The molecule has 0 radical (unpaired) electrons. The number of nitrogens with zero attached hydrogens (tertiary/aromatic N) is 1. The molecule has 1 aromatic heterocycles. The Bertz CT molecular complexity index is 614. The van der Waals surface area contributed by atoms with Crippen molar-refractivity contribution in [2.45, 2.75) is 26.4 Å². The zero-order chi connectivity index (χ0) is 15.2. The van der Waals surface area contributed by atoms with Gasteiger partial charge >= 0.3 is 0 Å². The molecule has 0 spiro atoms. The Balaban J connectivity index is 2.16. The third-order valence-corrected chi connectivity index (χ3v) is 4.39. The highest BCUT2D eigenvalue weighted by Gasteiger charge is 2.17. The predicted molar refractivity (Wildman–Crippen MR) is 86.4 cm³/mol. The molecule has 1 atom stereocenters. The highest BCUT2D eigenvalue weighted by atomic mass is 32.1. The van der Waals surface area contributed by atoms with Crippen molar-refractivity contribution < 1.29 is 4.74 Å². The average molecular weight is 300 g/mol. The number of nitriles is 1. The van der Waals surface area contributed by atoms with Gasteiger partial charge in [0.25, 0.3) is 0 Å². The van der Waals surface area contributed by atoms with Crippen molar-refractivity contribution in [3.8, 4) is 11.8 Å². The van der Waals surface area contributed by atoms with Crippen LogP contribution in [-0.4, -0.2) is 7.11 Å². The first-order valence-electron chi connectivity index (χ1n) is 6.99. The fourth-order valence-corrected chi connectivity index (χ4v) is 3.31. The molecule has 1 N–H and O–H groups in total. The minimum absolute atomic E-state index is 0.306. The van der Waals surface area contributed by atoms with E-state index in [2.05, 4.69) is 42.7 Å². The molecule has 0 aliphatic rings. The van der Waals surface area contributed by atoms with Crippen molar-refractivity contribution in [3.63, 3.8) is 0 Å². The molecule has 1 aromatic carbocycles. The smallest absolute Gasteiger partial charge is 0.123 e. The van der Waals surface area contributed by atoms with Gasteiger partial charge in [0.1, 0.15) is 5.75 Å². The zero-order valence-electron chi connectivity index (χ0n) is 12.6. The fourth-order valence-electron chi connectivity index (χ4n) is 2.34. The summed E-state index contributed by atoms with van der Waals surface area (Å²) in [6, 6.07) is 12.2. The third-order valence-electron chi connectivity index (χ3n) is 3.44. The normalized spacial score (nSPS) is 12.1. The van der Waals surface area contributed by atoms with Crippen LogP contribution < -0.4 is 10.1 Å². The second-order valence-corrected chi connectivity index (χ2v) is 6.24. The van der Waals surface area contributed by atoms with E-state index in [0.717, 1.165) is 11.3 Å². The van der Waals surface area contributed by atoms with Gasteiger partial charge in [-0.1, -0.05) is 19.9 Å². The van der Waals surface area contributed by atoms with Crippen LogP contribution in [-0.2, 0) is 6.54 Å². The molecule has 0 aliphatic heterocycles. The second-order valence-electron chi connectivity index (χ2n) is 5.26. The summed E-state index contributed by atoms with van der Waals surface area (Å²) in [6.45, 7) is 5.10. The van der Waals surface area contributed by atoms with Crippen LogP contribution in [0.3, 0.4) is 0 Å². The Labute approximate surface area is 130 Å². The maximum Gasteiger partial charge on any atom is 0.123 e. The van der Waals surface area contributed by atoms with Gasteiger partial charge in [-0.05, 0) is 35.6 Å². The summed E-state index contributed by atoms with van der Waals surface area (Å²) >= 11 is 1.77. The van der Waals surface area contributed by atoms with Crippen LogP contribution >= 0.6 is 11.3 Å². The molecule has 0 saturated heterocycles. The molecule has 0 fully saturated rings. The molecule has 4 heteroatoms. The van der Waals surface area contributed by atoms with Crippen molar-refractivity contribution >= 4 is 11.3 Å². The summed E-state index contributed by atoms with van der Waals surface area (Å²) in [5, 5.41) is 14.7. The molecule has 1 unspecified atom stereocenters. The highest BCUT2D eigenvalue weighted by Crippen LogP contribution is 2.27. The number of rotatable bonds is 6. The van der Waals surface area contributed by atoms with Gasteiger partial charge in [0.2, 0.25) is 0 Å². The van der Waals surface area contributed by atoms with Gasteiger partial charge in [0, 0.05) is 23.0 Å². The molecular weight excluding hydrogens is 280 g/mol. The van der Waals surface area contributed by atoms with E-state index in [0.29, 0.717) is 24.1 Å². The van der Waals surface area contributed by atoms with Gasteiger partial charge in [-0.3, -0.25) is 0 Å². The molecule has 110 valence electrons. The molecule has 0 amide bonds. The van der Waals surface area contributed by atoms with Crippen LogP contribution in [0.4, 0.5) is 0 Å². The van der Waals surface area contributed by atoms with E-state index in [-0.39, 0.29) is 0 Å². The molecule has 21 heavy (non-hydrogen) atoms. The lowest BCUT2D eigenvalue weighted by molar-refractivity contribution is 0.391. The Hall–Kier alpha value is -1.83. The highest BCUT2D eigenvalue weighted by molar-refractivity contribution is 7.10. The number of methoxy groups -OCH3 is 1. The summed E-state index contributed by atoms with van der Waals surface area (Å²) in [6.07, 6.45) is 0. The first kappa shape index (κ1) is 15.6. The van der Waals surface area contributed by atoms with Gasteiger partial charge in [-0.15, -0.1) is 11.3 Å². The van der Waals surface area contributed by atoms with Gasteiger partial charge in [-0.2, -0.15) is 5.26 Å². The average Bonchev–Trinajstić information content (AvgIpc) is 3.01. The lowest BCUT2D eigenvalue weighted by atomic mass is 10.0. The minimum atomic E-state index is 0.306. The first-order valence-corrected chi connectivity index (χ1v) is 7.87. The lowest BCUT2D eigenvalue weighted by Crippen LogP contribution is -2.24. The van der Waals surface area contributed by atoms with E-state index < -0.39 is 0 Å². The molecule has 2 rings (SSSR count). The Morgan fingerprint density at radius 3 is 2.71 bits per heavy atom. The Morgan fingerprint density at radius 1 is 1.33 bits per heavy atom. The molecule has 1 heterocycles. The predicted octanol–water partition coefficient (Wildman–Crippen LogP) is 4.12. The topological polar surface area (TPSA) is 45.0 Å². The van der Waals surface area contributed by atoms with E-state index in [4.69, 9.17) is 10.00 Å². The number of hydrogen-bond acceptors (Lipinski definition) is 4. The zero-order valence-corrected chi connectivity index (χ0v) is 13.4. The maximum atomic E-state index is 9.03. The third kappa shape index (κ3) is 3.84. The Morgan fingerprint density at radius 2 is 2.14 bits per heavy atom. The molecule has 0 saturated carbocycles. The van der Waals surface area contributed by atoms with Gasteiger partial charge in [-0.25, -0.2) is 0 Å². The van der Waals surface area contributed by atoms with Crippen LogP contribution in [0.5, 0.6) is 5.75 Å². The van der Waals surface area contributed by atoms with Gasteiger partial charge in [0.15, 0.2) is 0 Å². The quantitative estimate of drug-likeness (QED) is 0.873. The monoisotopic (exact) mass is 300 g/mol. The molecule has 2 aromatic rings. The van der Waals surface area contributed by atoms with E-state index in [9.17, 15) is 0 Å². The SMILES string of the molecule is COc1ccc(C#N)cc1CNC(c1cccs1)C(C)C. The van der Waals surface area contributed by atoms with E-state index >= 15 is 0 Å². The summed E-state index contributed by atoms with van der Waals surface area (Å²) in [4.78, 5) is 1.33. The van der Waals surface area contributed by atoms with Crippen molar-refractivity contribution in [3.05, 3.63) is 51.7 Å². The molecule has 0 bridgehead atoms. The Kier molecular flexibility index (Phi) is 5.38. The lowest BCUT2D eigenvalue weighted by Gasteiger charge is -2.22. The second kappa shape index (κ2) is 7.26. The van der Waals surface area contributed by atoms with Crippen molar-refractivity contribution in [2.75, 3.05) is 7.11 Å². The number of ether oxygens (including phenoxy) is 1. The van der Waals surface area contributed by atoms with Crippen molar-refractivity contribution in [1.29, 1.82) is 5.26 Å². The van der Waals surface area contributed by atoms with E-state index in [1.807, 2.05) is 12.1 Å². The number of hydrogen-bond donors (Lipinski definition) is 1. The summed E-state index contributed by atoms with van der Waals surface area (Å²) in [5.74, 6) is 1.31. The number of benzene rings is 1. The van der Waals surface area contributed by atoms with Crippen LogP contribution in [0.25, 0.3) is 0 Å². The standard InChI is InChI=1S/C17H20N2OS/c1-12(2)17(16-5-4-8-21-16)19-11-14-9-13(10-18)6-7-15(14)20-3/h4-9,12,17,19H,11H2,1-3H3. The van der Waals surface area contributed by atoms with Gasteiger partial charge < -0.3 is 10.1 Å². The van der Waals surface area contributed by atoms with Crippen LogP contribution in [0, 0.1) is 17.2 Å². The van der Waals surface area contributed by atoms with Crippen LogP contribution in [0.15, 0.2) is 35.7 Å². The van der Waals surface area contributed by atoms with Crippen LogP contribution in [0.1, 0.15) is 35.9 Å². The van der Waals surface area contributed by atoms with Gasteiger partial charge in [0.05, 0.1) is 18.7 Å². The molecular formula is C17H20N2OS.